The summed E-state index contributed by atoms with van der Waals surface area (Å²) in [6, 6.07) is 5.97. The average Bonchev–Trinajstić information content (AvgIpc) is 3.11. The molecule has 1 aromatic carbocycles. The molecular weight excluding hydrogens is 375 g/mol. The van der Waals surface area contributed by atoms with Gasteiger partial charge in [-0.3, -0.25) is 4.79 Å². The van der Waals surface area contributed by atoms with Crippen LogP contribution in [0.15, 0.2) is 30.5 Å². The second kappa shape index (κ2) is 6.66. The van der Waals surface area contributed by atoms with Gasteiger partial charge in [0.05, 0.1) is 11.1 Å². The molecule has 2 aromatic heterocycles. The van der Waals surface area contributed by atoms with Gasteiger partial charge in [-0.25, -0.2) is 15.0 Å². The van der Waals surface area contributed by atoms with Crippen molar-refractivity contribution in [1.29, 1.82) is 0 Å². The van der Waals surface area contributed by atoms with Crippen molar-refractivity contribution in [1.82, 2.24) is 19.9 Å². The predicted octanol–water partition coefficient (Wildman–Crippen LogP) is 1.80. The SMILES string of the molecule is NC(=O)c1cccc2[nH]c(N3CCN(c4nccc(C(F)(F)F)n4)CC3)nc12. The third-order valence-electron chi connectivity index (χ3n) is 4.56. The Balaban J connectivity index is 1.51. The van der Waals surface area contributed by atoms with Gasteiger partial charge in [0, 0.05) is 32.4 Å². The topological polar surface area (TPSA) is 104 Å². The van der Waals surface area contributed by atoms with Gasteiger partial charge in [-0.05, 0) is 18.2 Å². The summed E-state index contributed by atoms with van der Waals surface area (Å²) in [6.07, 6.45) is -3.39. The Kier molecular flexibility index (Phi) is 4.28. The molecule has 11 heteroatoms. The van der Waals surface area contributed by atoms with Crippen LogP contribution in [0.5, 0.6) is 0 Å². The van der Waals surface area contributed by atoms with E-state index in [0.29, 0.717) is 48.7 Å². The lowest BCUT2D eigenvalue weighted by atomic mass is 10.2. The Bertz CT molecular complexity index is 1030. The highest BCUT2D eigenvalue weighted by Crippen LogP contribution is 2.28. The maximum atomic E-state index is 12.8. The zero-order chi connectivity index (χ0) is 19.9. The first-order valence-corrected chi connectivity index (χ1v) is 8.51. The number of amides is 1. The van der Waals surface area contributed by atoms with Crippen LogP contribution in [-0.2, 0) is 6.18 Å². The van der Waals surface area contributed by atoms with Crippen molar-refractivity contribution in [3.8, 4) is 0 Å². The minimum atomic E-state index is -4.51. The van der Waals surface area contributed by atoms with Crippen molar-refractivity contribution in [2.75, 3.05) is 36.0 Å². The highest BCUT2D eigenvalue weighted by molar-refractivity contribution is 6.04. The fraction of sp³-hybridized carbons (Fsp3) is 0.294. The lowest BCUT2D eigenvalue weighted by molar-refractivity contribution is -0.141. The molecule has 0 spiro atoms. The molecule has 4 rings (SSSR count). The summed E-state index contributed by atoms with van der Waals surface area (Å²) in [6.45, 7) is 1.87. The first kappa shape index (κ1) is 18.0. The van der Waals surface area contributed by atoms with Crippen molar-refractivity contribution >= 4 is 28.8 Å². The van der Waals surface area contributed by atoms with E-state index in [4.69, 9.17) is 5.73 Å². The molecule has 146 valence electrons. The highest BCUT2D eigenvalue weighted by atomic mass is 19.4. The van der Waals surface area contributed by atoms with Crippen LogP contribution >= 0.6 is 0 Å². The molecule has 0 radical (unpaired) electrons. The number of H-pyrrole nitrogens is 1. The second-order valence-electron chi connectivity index (χ2n) is 6.34. The van der Waals surface area contributed by atoms with Gasteiger partial charge >= 0.3 is 6.18 Å². The Morgan fingerprint density at radius 3 is 2.46 bits per heavy atom. The summed E-state index contributed by atoms with van der Waals surface area (Å²) in [5.74, 6) is 0.0681. The quantitative estimate of drug-likeness (QED) is 0.706. The first-order chi connectivity index (χ1) is 13.3. The smallest absolute Gasteiger partial charge is 0.366 e. The van der Waals surface area contributed by atoms with Gasteiger partial charge in [-0.2, -0.15) is 13.2 Å². The monoisotopic (exact) mass is 391 g/mol. The molecule has 0 atom stereocenters. The number of rotatable bonds is 3. The largest absolute Gasteiger partial charge is 0.433 e. The summed E-state index contributed by atoms with van der Waals surface area (Å²) in [7, 11) is 0. The number of hydrogen-bond acceptors (Lipinski definition) is 6. The summed E-state index contributed by atoms with van der Waals surface area (Å²) in [5.41, 5.74) is 5.94. The summed E-state index contributed by atoms with van der Waals surface area (Å²) in [5, 5.41) is 0. The van der Waals surface area contributed by atoms with E-state index in [2.05, 4.69) is 19.9 Å². The number of fused-ring (bicyclic) bond motifs is 1. The number of carbonyl (C=O) groups is 1. The van der Waals surface area contributed by atoms with E-state index in [1.807, 2.05) is 4.90 Å². The number of benzene rings is 1. The number of para-hydroxylation sites is 1. The third kappa shape index (κ3) is 3.30. The normalized spacial score (nSPS) is 15.2. The molecule has 0 saturated carbocycles. The van der Waals surface area contributed by atoms with Crippen LogP contribution in [0.25, 0.3) is 11.0 Å². The van der Waals surface area contributed by atoms with Crippen LogP contribution in [0.3, 0.4) is 0 Å². The number of piperazine rings is 1. The summed E-state index contributed by atoms with van der Waals surface area (Å²) in [4.78, 5) is 30.4. The maximum Gasteiger partial charge on any atom is 0.433 e. The van der Waals surface area contributed by atoms with Gasteiger partial charge in [-0.1, -0.05) is 6.07 Å². The molecule has 1 aliphatic heterocycles. The zero-order valence-corrected chi connectivity index (χ0v) is 14.6. The predicted molar refractivity (Wildman–Crippen MR) is 96.1 cm³/mol. The molecule has 1 fully saturated rings. The van der Waals surface area contributed by atoms with Gasteiger partial charge in [-0.15, -0.1) is 0 Å². The number of nitrogens with one attached hydrogen (secondary N) is 1. The number of carbonyl (C=O) groups excluding carboxylic acids is 1. The lowest BCUT2D eigenvalue weighted by Gasteiger charge is -2.34. The number of aromatic nitrogens is 4. The van der Waals surface area contributed by atoms with Gasteiger partial charge in [0.2, 0.25) is 11.9 Å². The number of nitrogens with two attached hydrogens (primary N) is 1. The standard InChI is InChI=1S/C17H16F3N7O/c18-17(19,20)12-4-5-22-15(24-12)26-6-8-27(9-7-26)16-23-11-3-1-2-10(14(21)28)13(11)25-16/h1-5H,6-9H2,(H2,21,28)(H,23,25). The fourth-order valence-electron chi connectivity index (χ4n) is 3.14. The molecule has 3 heterocycles. The minimum absolute atomic E-state index is 0.0510. The average molecular weight is 391 g/mol. The van der Waals surface area contributed by atoms with Crippen molar-refractivity contribution < 1.29 is 18.0 Å². The van der Waals surface area contributed by atoms with E-state index >= 15 is 0 Å². The number of alkyl halides is 3. The molecule has 1 saturated heterocycles. The van der Waals surface area contributed by atoms with E-state index in [9.17, 15) is 18.0 Å². The zero-order valence-electron chi connectivity index (χ0n) is 14.6. The van der Waals surface area contributed by atoms with E-state index in [1.54, 1.807) is 23.1 Å². The van der Waals surface area contributed by atoms with E-state index in [0.717, 1.165) is 12.3 Å². The van der Waals surface area contributed by atoms with E-state index in [1.165, 1.54) is 0 Å². The molecule has 1 amide bonds. The number of nitrogens with zero attached hydrogens (tertiary/aromatic N) is 5. The number of hydrogen-bond donors (Lipinski definition) is 2. The van der Waals surface area contributed by atoms with Crippen molar-refractivity contribution in [3.05, 3.63) is 41.7 Å². The Hall–Kier alpha value is -3.37. The van der Waals surface area contributed by atoms with Crippen LogP contribution in [0.4, 0.5) is 25.1 Å². The molecule has 8 nitrogen and oxygen atoms in total. The number of anilines is 2. The Morgan fingerprint density at radius 1 is 1.07 bits per heavy atom. The molecule has 1 aliphatic rings. The van der Waals surface area contributed by atoms with Crippen LogP contribution in [0.2, 0.25) is 0 Å². The minimum Gasteiger partial charge on any atom is -0.366 e. The summed E-state index contributed by atoms with van der Waals surface area (Å²) < 4.78 is 38.5. The molecule has 3 aromatic rings. The summed E-state index contributed by atoms with van der Waals surface area (Å²) >= 11 is 0. The first-order valence-electron chi connectivity index (χ1n) is 8.51. The molecule has 28 heavy (non-hydrogen) atoms. The van der Waals surface area contributed by atoms with E-state index < -0.39 is 17.8 Å². The lowest BCUT2D eigenvalue weighted by Crippen LogP contribution is -2.47. The van der Waals surface area contributed by atoms with Gasteiger partial charge in [0.25, 0.3) is 5.91 Å². The van der Waals surface area contributed by atoms with E-state index in [-0.39, 0.29) is 5.95 Å². The van der Waals surface area contributed by atoms with Gasteiger partial charge < -0.3 is 20.5 Å². The van der Waals surface area contributed by atoms with Gasteiger partial charge in [0.1, 0.15) is 11.2 Å². The number of halogens is 3. The van der Waals surface area contributed by atoms with Crippen molar-refractivity contribution in [2.45, 2.75) is 6.18 Å². The van der Waals surface area contributed by atoms with Crippen LogP contribution in [0, 0.1) is 0 Å². The molecular formula is C17H16F3N7O. The highest BCUT2D eigenvalue weighted by Gasteiger charge is 2.33. The Morgan fingerprint density at radius 2 is 1.79 bits per heavy atom. The van der Waals surface area contributed by atoms with Crippen molar-refractivity contribution in [2.24, 2.45) is 5.73 Å². The molecule has 0 aliphatic carbocycles. The van der Waals surface area contributed by atoms with Crippen LogP contribution in [0.1, 0.15) is 16.1 Å². The third-order valence-corrected chi connectivity index (χ3v) is 4.56. The maximum absolute atomic E-state index is 12.8. The molecule has 0 bridgehead atoms. The number of aromatic amines is 1. The van der Waals surface area contributed by atoms with Gasteiger partial charge in [0.15, 0.2) is 0 Å². The molecule has 0 unspecified atom stereocenters. The second-order valence-corrected chi connectivity index (χ2v) is 6.34. The molecule has 3 N–H and O–H groups in total. The van der Waals surface area contributed by atoms with Crippen molar-refractivity contribution in [3.63, 3.8) is 0 Å². The van der Waals surface area contributed by atoms with Crippen LogP contribution in [-0.4, -0.2) is 52.0 Å². The fourth-order valence-corrected chi connectivity index (χ4v) is 3.14. The number of primary amides is 1. The Labute approximate surface area is 157 Å². The van der Waals surface area contributed by atoms with Crippen LogP contribution < -0.4 is 15.5 Å². The number of imidazole rings is 1.